The summed E-state index contributed by atoms with van der Waals surface area (Å²) in [6.45, 7) is 4.25. The van der Waals surface area contributed by atoms with Gasteiger partial charge in [-0.15, -0.1) is 16.0 Å². The number of H-pyrrole nitrogens is 1. The molecule has 0 aromatic carbocycles. The highest BCUT2D eigenvalue weighted by Crippen LogP contribution is 2.33. The standard InChI is InChI=1S/C17H18F3N3O2S/c1-9-12(10(2)22(3)21-9)8-23(11-4-5-11)16(25)14-7-6-13(26-14)15(24)17(18,19)20/h6-7,11H,4-5,8H2,1-3H3/p+1. The van der Waals surface area contributed by atoms with Gasteiger partial charge in [0, 0.05) is 13.0 Å². The molecule has 1 amide bonds. The molecule has 0 saturated heterocycles. The van der Waals surface area contributed by atoms with E-state index in [9.17, 15) is 22.8 Å². The molecule has 0 aliphatic heterocycles. The number of ketones is 1. The van der Waals surface area contributed by atoms with Crippen molar-refractivity contribution in [3.05, 3.63) is 38.8 Å². The Labute approximate surface area is 152 Å². The summed E-state index contributed by atoms with van der Waals surface area (Å²) in [7, 11) is 1.88. The molecule has 0 radical (unpaired) electrons. The SMILES string of the molecule is Cc1[nH][n+](C)c(C)c1CN(C(=O)c1ccc(C(=O)C(F)(F)F)s1)C1CC1. The lowest BCUT2D eigenvalue weighted by Crippen LogP contribution is -2.35. The second-order valence-corrected chi connectivity index (χ2v) is 7.60. The predicted octanol–water partition coefficient (Wildman–Crippen LogP) is 3.07. The van der Waals surface area contributed by atoms with Crippen LogP contribution >= 0.6 is 11.3 Å². The third-order valence-corrected chi connectivity index (χ3v) is 5.67. The fourth-order valence-electron chi connectivity index (χ4n) is 2.89. The number of aryl methyl sites for hydroxylation is 2. The molecule has 0 atom stereocenters. The average Bonchev–Trinajstić information content (AvgIpc) is 3.22. The number of rotatable bonds is 5. The first-order valence-electron chi connectivity index (χ1n) is 8.16. The number of amides is 1. The van der Waals surface area contributed by atoms with Crippen molar-refractivity contribution in [2.24, 2.45) is 7.05 Å². The molecule has 5 nitrogen and oxygen atoms in total. The second-order valence-electron chi connectivity index (χ2n) is 6.51. The topological polar surface area (TPSA) is 57.0 Å². The Morgan fingerprint density at radius 1 is 1.27 bits per heavy atom. The van der Waals surface area contributed by atoms with E-state index in [1.54, 1.807) is 4.90 Å². The van der Waals surface area contributed by atoms with Crippen molar-refractivity contribution in [2.75, 3.05) is 0 Å². The van der Waals surface area contributed by atoms with Crippen LogP contribution < -0.4 is 4.68 Å². The van der Waals surface area contributed by atoms with Crippen LogP contribution in [0, 0.1) is 13.8 Å². The van der Waals surface area contributed by atoms with E-state index in [1.807, 2.05) is 25.6 Å². The Morgan fingerprint density at radius 3 is 2.38 bits per heavy atom. The molecule has 140 valence electrons. The monoisotopic (exact) mass is 386 g/mol. The Balaban J connectivity index is 1.84. The predicted molar refractivity (Wildman–Crippen MR) is 89.0 cm³/mol. The number of nitrogens with zero attached hydrogens (tertiary/aromatic N) is 2. The lowest BCUT2D eigenvalue weighted by atomic mass is 10.1. The maximum Gasteiger partial charge on any atom is 0.455 e. The number of halogens is 3. The van der Waals surface area contributed by atoms with Gasteiger partial charge >= 0.3 is 6.18 Å². The van der Waals surface area contributed by atoms with Crippen LogP contribution in [-0.4, -0.2) is 33.9 Å². The van der Waals surface area contributed by atoms with E-state index in [2.05, 4.69) is 5.10 Å². The molecule has 0 unspecified atom stereocenters. The van der Waals surface area contributed by atoms with E-state index in [-0.39, 0.29) is 16.8 Å². The molecule has 9 heteroatoms. The van der Waals surface area contributed by atoms with E-state index < -0.39 is 16.8 Å². The van der Waals surface area contributed by atoms with Gasteiger partial charge in [0.25, 0.3) is 11.7 Å². The van der Waals surface area contributed by atoms with Crippen LogP contribution in [0.1, 0.15) is 49.1 Å². The molecule has 2 aromatic heterocycles. The Kier molecular flexibility index (Phi) is 4.68. The molecular weight excluding hydrogens is 367 g/mol. The largest absolute Gasteiger partial charge is 0.455 e. The van der Waals surface area contributed by atoms with Crippen molar-refractivity contribution in [3.63, 3.8) is 0 Å². The zero-order valence-corrected chi connectivity index (χ0v) is 15.4. The number of carbonyl (C=O) groups is 2. The molecule has 1 aliphatic rings. The van der Waals surface area contributed by atoms with Crippen molar-refractivity contribution in [2.45, 2.75) is 45.5 Å². The molecule has 26 heavy (non-hydrogen) atoms. The highest BCUT2D eigenvalue weighted by molar-refractivity contribution is 7.16. The van der Waals surface area contributed by atoms with Gasteiger partial charge in [0.1, 0.15) is 0 Å². The van der Waals surface area contributed by atoms with Crippen molar-refractivity contribution < 1.29 is 27.4 Å². The minimum absolute atomic E-state index is 0.0883. The van der Waals surface area contributed by atoms with Gasteiger partial charge in [-0.25, -0.2) is 0 Å². The number of hydrogen-bond acceptors (Lipinski definition) is 3. The molecule has 1 saturated carbocycles. The number of aromatic nitrogens is 2. The van der Waals surface area contributed by atoms with E-state index >= 15 is 0 Å². The number of hydrogen-bond donors (Lipinski definition) is 1. The zero-order valence-electron chi connectivity index (χ0n) is 14.6. The third-order valence-electron chi connectivity index (χ3n) is 4.60. The number of carbonyl (C=O) groups excluding carboxylic acids is 2. The van der Waals surface area contributed by atoms with E-state index in [0.29, 0.717) is 17.9 Å². The molecule has 1 N–H and O–H groups in total. The molecule has 2 heterocycles. The van der Waals surface area contributed by atoms with Crippen LogP contribution in [0.15, 0.2) is 12.1 Å². The summed E-state index contributed by atoms with van der Waals surface area (Å²) in [4.78, 5) is 25.6. The number of alkyl halides is 3. The minimum Gasteiger partial charge on any atom is -0.330 e. The van der Waals surface area contributed by atoms with Gasteiger partial charge in [0.15, 0.2) is 7.05 Å². The minimum atomic E-state index is -4.94. The van der Waals surface area contributed by atoms with Crippen LogP contribution in [-0.2, 0) is 13.6 Å². The summed E-state index contributed by atoms with van der Waals surface area (Å²) in [6.07, 6.45) is -3.18. The van der Waals surface area contributed by atoms with E-state index in [0.717, 1.165) is 35.9 Å². The van der Waals surface area contributed by atoms with E-state index in [4.69, 9.17) is 0 Å². The smallest absolute Gasteiger partial charge is 0.330 e. The van der Waals surface area contributed by atoms with Crippen LogP contribution in [0.4, 0.5) is 13.2 Å². The lowest BCUT2D eigenvalue weighted by Gasteiger charge is -2.21. The number of thiophene rings is 1. The molecule has 1 aliphatic carbocycles. The van der Waals surface area contributed by atoms with Crippen molar-refractivity contribution in [1.29, 1.82) is 0 Å². The molecular formula is C17H19F3N3O2S+. The van der Waals surface area contributed by atoms with Gasteiger partial charge in [0.05, 0.1) is 27.6 Å². The number of aromatic amines is 1. The molecule has 2 aromatic rings. The number of nitrogens with one attached hydrogen (secondary N) is 1. The van der Waals surface area contributed by atoms with Crippen LogP contribution in [0.3, 0.4) is 0 Å². The molecule has 0 bridgehead atoms. The average molecular weight is 386 g/mol. The van der Waals surface area contributed by atoms with Gasteiger partial charge in [-0.1, -0.05) is 0 Å². The Morgan fingerprint density at radius 2 is 1.88 bits per heavy atom. The maximum absolute atomic E-state index is 12.9. The quantitative estimate of drug-likeness (QED) is 0.634. The second kappa shape index (κ2) is 6.53. The molecule has 1 fully saturated rings. The normalized spacial score (nSPS) is 14.5. The summed E-state index contributed by atoms with van der Waals surface area (Å²) in [5.41, 5.74) is 2.94. The van der Waals surface area contributed by atoms with Crippen molar-refractivity contribution in [3.8, 4) is 0 Å². The first-order valence-corrected chi connectivity index (χ1v) is 8.97. The fraction of sp³-hybridized carbons (Fsp3) is 0.471. The first-order chi connectivity index (χ1) is 12.1. The summed E-state index contributed by atoms with van der Waals surface area (Å²) < 4.78 is 39.6. The van der Waals surface area contributed by atoms with Crippen LogP contribution in [0.2, 0.25) is 0 Å². The summed E-state index contributed by atoms with van der Waals surface area (Å²) in [6, 6.07) is 2.47. The highest BCUT2D eigenvalue weighted by atomic mass is 32.1. The van der Waals surface area contributed by atoms with Gasteiger partial charge in [-0.2, -0.15) is 18.3 Å². The highest BCUT2D eigenvalue weighted by Gasteiger charge is 2.41. The summed E-state index contributed by atoms with van der Waals surface area (Å²) >= 11 is 0.600. The molecule has 3 rings (SSSR count). The first kappa shape index (κ1) is 18.6. The van der Waals surface area contributed by atoms with Gasteiger partial charge in [-0.05, 0) is 31.9 Å². The summed E-state index contributed by atoms with van der Waals surface area (Å²) in [5.74, 6) is -2.25. The van der Waals surface area contributed by atoms with Gasteiger partial charge < -0.3 is 4.90 Å². The number of Topliss-reactive ketones (excluding diaryl/α,β-unsaturated/α-hetero) is 1. The van der Waals surface area contributed by atoms with Crippen LogP contribution in [0.25, 0.3) is 0 Å². The van der Waals surface area contributed by atoms with Crippen LogP contribution in [0.5, 0.6) is 0 Å². The van der Waals surface area contributed by atoms with Crippen molar-refractivity contribution in [1.82, 2.24) is 10.00 Å². The lowest BCUT2D eigenvalue weighted by molar-refractivity contribution is -0.732. The third kappa shape index (κ3) is 3.53. The van der Waals surface area contributed by atoms with E-state index in [1.165, 1.54) is 6.07 Å². The van der Waals surface area contributed by atoms with Gasteiger partial charge in [-0.3, -0.25) is 9.59 Å². The summed E-state index contributed by atoms with van der Waals surface area (Å²) in [5, 5.41) is 3.17. The fourth-order valence-corrected chi connectivity index (χ4v) is 3.81. The Bertz CT molecular complexity index is 865. The maximum atomic E-state index is 12.9. The molecule has 0 spiro atoms. The van der Waals surface area contributed by atoms with Crippen molar-refractivity contribution >= 4 is 23.0 Å². The van der Waals surface area contributed by atoms with Gasteiger partial charge in [0.2, 0.25) is 5.69 Å². The zero-order chi connectivity index (χ0) is 19.2. The Hall–Kier alpha value is -2.16.